The molecule has 6 heteroatoms. The van der Waals surface area contributed by atoms with Gasteiger partial charge in [0.25, 0.3) is 0 Å². The summed E-state index contributed by atoms with van der Waals surface area (Å²) >= 11 is 6.57. The number of hydrogen-bond acceptors (Lipinski definition) is 4. The van der Waals surface area contributed by atoms with Gasteiger partial charge in [-0.3, -0.25) is 9.78 Å². The lowest BCUT2D eigenvalue weighted by molar-refractivity contribution is -0.120. The van der Waals surface area contributed by atoms with Gasteiger partial charge < -0.3 is 15.0 Å². The fraction of sp³-hybridized carbons (Fsp3) is 0.280. The highest BCUT2D eigenvalue weighted by atomic mass is 35.5. The maximum atomic E-state index is 12.3. The van der Waals surface area contributed by atoms with Crippen LogP contribution in [0.5, 0.6) is 0 Å². The summed E-state index contributed by atoms with van der Waals surface area (Å²) in [4.78, 5) is 19.0. The van der Waals surface area contributed by atoms with E-state index in [2.05, 4.69) is 27.3 Å². The van der Waals surface area contributed by atoms with Crippen LogP contribution in [0.4, 0.5) is 5.69 Å². The summed E-state index contributed by atoms with van der Waals surface area (Å²) < 4.78 is 5.41. The molecule has 0 spiro atoms. The molecule has 4 rings (SSSR count). The van der Waals surface area contributed by atoms with E-state index in [1.165, 1.54) is 5.56 Å². The van der Waals surface area contributed by atoms with Crippen molar-refractivity contribution in [3.05, 3.63) is 82.6 Å². The molecule has 1 aromatic heterocycles. The van der Waals surface area contributed by atoms with Gasteiger partial charge in [0.2, 0.25) is 5.91 Å². The van der Waals surface area contributed by atoms with E-state index < -0.39 is 0 Å². The van der Waals surface area contributed by atoms with Crippen LogP contribution in [0.25, 0.3) is 11.1 Å². The number of anilines is 1. The number of hydrogen-bond donors (Lipinski definition) is 1. The molecule has 0 radical (unpaired) electrons. The average molecular weight is 436 g/mol. The predicted molar refractivity (Wildman–Crippen MR) is 124 cm³/mol. The van der Waals surface area contributed by atoms with Gasteiger partial charge >= 0.3 is 0 Å². The molecule has 1 amide bonds. The molecule has 2 heterocycles. The first-order chi connectivity index (χ1) is 15.1. The van der Waals surface area contributed by atoms with Crippen LogP contribution in [0.2, 0.25) is 5.02 Å². The molecule has 1 aliphatic rings. The molecule has 0 atom stereocenters. The minimum atomic E-state index is -0.0466. The summed E-state index contributed by atoms with van der Waals surface area (Å²) in [6.07, 6.45) is 2.02. The van der Waals surface area contributed by atoms with E-state index in [0.29, 0.717) is 11.6 Å². The van der Waals surface area contributed by atoms with Gasteiger partial charge in [0.15, 0.2) is 0 Å². The highest BCUT2D eigenvalue weighted by molar-refractivity contribution is 6.33. The largest absolute Gasteiger partial charge is 0.378 e. The molecule has 31 heavy (non-hydrogen) atoms. The molecule has 3 aromatic rings. The van der Waals surface area contributed by atoms with Crippen LogP contribution < -0.4 is 10.2 Å². The standard InChI is InChI=1S/C25H26ClN3O2/c1-18-3-2-4-19(13-18)16-28-25(30)14-21-6-5-20(17-27-21)23-8-7-22(15-24(23)26)29-9-11-31-12-10-29/h2-8,13,15,17H,9-12,14,16H2,1H3,(H,28,30). The van der Waals surface area contributed by atoms with Crippen molar-refractivity contribution in [1.29, 1.82) is 0 Å². The maximum Gasteiger partial charge on any atom is 0.226 e. The Balaban J connectivity index is 1.37. The van der Waals surface area contributed by atoms with Crippen molar-refractivity contribution in [1.82, 2.24) is 10.3 Å². The summed E-state index contributed by atoms with van der Waals surface area (Å²) in [5, 5.41) is 3.64. The molecule has 0 aliphatic carbocycles. The maximum absolute atomic E-state index is 12.3. The number of morpholine rings is 1. The van der Waals surface area contributed by atoms with Crippen LogP contribution in [0.15, 0.2) is 60.8 Å². The third kappa shape index (κ3) is 5.63. The van der Waals surface area contributed by atoms with Crippen molar-refractivity contribution in [2.45, 2.75) is 19.9 Å². The molecule has 1 aliphatic heterocycles. The Morgan fingerprint density at radius 3 is 2.68 bits per heavy atom. The normalized spacial score (nSPS) is 13.8. The summed E-state index contributed by atoms with van der Waals surface area (Å²) in [5.74, 6) is -0.0466. The van der Waals surface area contributed by atoms with Gasteiger partial charge in [0.05, 0.1) is 24.7 Å². The summed E-state index contributed by atoms with van der Waals surface area (Å²) in [7, 11) is 0. The molecule has 5 nitrogen and oxygen atoms in total. The summed E-state index contributed by atoms with van der Waals surface area (Å²) in [5.41, 5.74) is 5.97. The lowest BCUT2D eigenvalue weighted by Crippen LogP contribution is -2.36. The van der Waals surface area contributed by atoms with Gasteiger partial charge in [0.1, 0.15) is 0 Å². The number of carbonyl (C=O) groups excluding carboxylic acids is 1. The van der Waals surface area contributed by atoms with Crippen LogP contribution >= 0.6 is 11.6 Å². The molecule has 0 bridgehead atoms. The second-order valence-electron chi connectivity index (χ2n) is 7.74. The Hall–Kier alpha value is -2.89. The smallest absolute Gasteiger partial charge is 0.226 e. The van der Waals surface area contributed by atoms with Crippen molar-refractivity contribution < 1.29 is 9.53 Å². The highest BCUT2D eigenvalue weighted by Crippen LogP contribution is 2.31. The second kappa shape index (κ2) is 9.94. The number of rotatable bonds is 6. The van der Waals surface area contributed by atoms with Gasteiger partial charge in [-0.1, -0.05) is 53.6 Å². The number of nitrogens with one attached hydrogen (secondary N) is 1. The monoisotopic (exact) mass is 435 g/mol. The van der Waals surface area contributed by atoms with Crippen LogP contribution in [0, 0.1) is 6.92 Å². The molecule has 160 valence electrons. The molecule has 1 fully saturated rings. The Morgan fingerprint density at radius 1 is 1.13 bits per heavy atom. The predicted octanol–water partition coefficient (Wildman–Crippen LogP) is 4.41. The first-order valence-electron chi connectivity index (χ1n) is 10.5. The first kappa shape index (κ1) is 21.3. The number of carbonyl (C=O) groups is 1. The molecule has 0 unspecified atom stereocenters. The number of amides is 1. The molecule has 0 saturated carbocycles. The van der Waals surface area contributed by atoms with Gasteiger partial charge in [-0.15, -0.1) is 0 Å². The Bertz CT molecular complexity index is 1050. The van der Waals surface area contributed by atoms with E-state index in [1.807, 2.05) is 49.4 Å². The zero-order valence-corrected chi connectivity index (χ0v) is 18.4. The third-order valence-electron chi connectivity index (χ3n) is 5.38. The Morgan fingerprint density at radius 2 is 1.97 bits per heavy atom. The number of aromatic nitrogens is 1. The van der Waals surface area contributed by atoms with Gasteiger partial charge in [0, 0.05) is 48.3 Å². The third-order valence-corrected chi connectivity index (χ3v) is 5.69. The van der Waals surface area contributed by atoms with Crippen molar-refractivity contribution >= 4 is 23.2 Å². The lowest BCUT2D eigenvalue weighted by atomic mass is 10.1. The minimum Gasteiger partial charge on any atom is -0.378 e. The number of ether oxygens (including phenoxy) is 1. The first-order valence-corrected chi connectivity index (χ1v) is 10.9. The van der Waals surface area contributed by atoms with Crippen LogP contribution in [-0.4, -0.2) is 37.2 Å². The van der Waals surface area contributed by atoms with Crippen molar-refractivity contribution in [2.24, 2.45) is 0 Å². The number of aryl methyl sites for hydroxylation is 1. The summed E-state index contributed by atoms with van der Waals surface area (Å²) in [6.45, 7) is 5.78. The highest BCUT2D eigenvalue weighted by Gasteiger charge is 2.14. The molecule has 2 aromatic carbocycles. The number of pyridine rings is 1. The quantitative estimate of drug-likeness (QED) is 0.623. The number of halogens is 1. The molecule has 1 saturated heterocycles. The fourth-order valence-electron chi connectivity index (χ4n) is 3.69. The minimum absolute atomic E-state index is 0.0466. The fourth-order valence-corrected chi connectivity index (χ4v) is 3.98. The van der Waals surface area contributed by atoms with Crippen LogP contribution in [-0.2, 0) is 22.5 Å². The summed E-state index contributed by atoms with van der Waals surface area (Å²) in [6, 6.07) is 18.1. The lowest BCUT2D eigenvalue weighted by Gasteiger charge is -2.29. The van der Waals surface area contributed by atoms with E-state index in [9.17, 15) is 4.79 Å². The Kier molecular flexibility index (Phi) is 6.85. The van der Waals surface area contributed by atoms with E-state index in [1.54, 1.807) is 6.20 Å². The van der Waals surface area contributed by atoms with Gasteiger partial charge in [-0.2, -0.15) is 0 Å². The molecular formula is C25H26ClN3O2. The number of benzene rings is 2. The van der Waals surface area contributed by atoms with Crippen molar-refractivity contribution in [3.8, 4) is 11.1 Å². The molecule has 1 N–H and O–H groups in total. The van der Waals surface area contributed by atoms with Gasteiger partial charge in [-0.25, -0.2) is 0 Å². The van der Waals surface area contributed by atoms with E-state index >= 15 is 0 Å². The zero-order chi connectivity index (χ0) is 21.6. The topological polar surface area (TPSA) is 54.5 Å². The Labute approximate surface area is 188 Å². The van der Waals surface area contributed by atoms with E-state index in [-0.39, 0.29) is 12.3 Å². The SMILES string of the molecule is Cc1cccc(CNC(=O)Cc2ccc(-c3ccc(N4CCOCC4)cc3Cl)cn2)c1. The van der Waals surface area contributed by atoms with Crippen LogP contribution in [0.1, 0.15) is 16.8 Å². The number of nitrogens with zero attached hydrogens (tertiary/aromatic N) is 2. The van der Waals surface area contributed by atoms with E-state index in [0.717, 1.165) is 54.4 Å². The van der Waals surface area contributed by atoms with Crippen LogP contribution in [0.3, 0.4) is 0 Å². The van der Waals surface area contributed by atoms with Gasteiger partial charge in [-0.05, 0) is 30.7 Å². The van der Waals surface area contributed by atoms with E-state index in [4.69, 9.17) is 16.3 Å². The van der Waals surface area contributed by atoms with Crippen molar-refractivity contribution in [2.75, 3.05) is 31.2 Å². The zero-order valence-electron chi connectivity index (χ0n) is 17.6. The van der Waals surface area contributed by atoms with Crippen molar-refractivity contribution in [3.63, 3.8) is 0 Å². The second-order valence-corrected chi connectivity index (χ2v) is 8.15. The molecular weight excluding hydrogens is 410 g/mol. The average Bonchev–Trinajstić information content (AvgIpc) is 2.79.